The molecule has 1 aromatic heterocycles. The van der Waals surface area contributed by atoms with Gasteiger partial charge in [0.05, 0.1) is 18.6 Å². The summed E-state index contributed by atoms with van der Waals surface area (Å²) in [5, 5.41) is 2.76. The number of hydrogen-bond donors (Lipinski definition) is 1. The van der Waals surface area contributed by atoms with Crippen LogP contribution in [0.3, 0.4) is 0 Å². The summed E-state index contributed by atoms with van der Waals surface area (Å²) < 4.78 is 31.3. The summed E-state index contributed by atoms with van der Waals surface area (Å²) in [5.74, 6) is -0.0395. The van der Waals surface area contributed by atoms with Gasteiger partial charge in [-0.2, -0.15) is 0 Å². The van der Waals surface area contributed by atoms with E-state index in [2.05, 4.69) is 10.3 Å². The van der Waals surface area contributed by atoms with Crippen molar-refractivity contribution in [2.75, 3.05) is 29.0 Å². The molecule has 0 atom stereocenters. The van der Waals surface area contributed by atoms with Crippen LogP contribution in [0, 0.1) is 0 Å². The average molecular weight is 440 g/mol. The van der Waals surface area contributed by atoms with Crippen molar-refractivity contribution in [2.24, 2.45) is 0 Å². The summed E-state index contributed by atoms with van der Waals surface area (Å²) in [7, 11) is -3.70. The van der Waals surface area contributed by atoms with E-state index in [1.54, 1.807) is 48.8 Å². The summed E-state index contributed by atoms with van der Waals surface area (Å²) in [5.41, 5.74) is 3.15. The molecule has 0 unspecified atom stereocenters. The minimum Gasteiger partial charge on any atom is -0.492 e. The second-order valence-electron chi connectivity index (χ2n) is 6.95. The lowest BCUT2D eigenvalue weighted by molar-refractivity contribution is -0.114. The number of hydrogen-bond acceptors (Lipinski definition) is 5. The van der Waals surface area contributed by atoms with E-state index < -0.39 is 15.9 Å². The zero-order valence-electron chi connectivity index (χ0n) is 17.5. The number of sulfonamides is 1. The molecule has 1 amide bonds. The summed E-state index contributed by atoms with van der Waals surface area (Å²) in [6, 6.07) is 18.1. The van der Waals surface area contributed by atoms with Crippen molar-refractivity contribution in [1.29, 1.82) is 0 Å². The van der Waals surface area contributed by atoms with Crippen LogP contribution < -0.4 is 14.4 Å². The van der Waals surface area contributed by atoms with Crippen molar-refractivity contribution >= 4 is 27.3 Å². The number of carbonyl (C=O) groups excluding carboxylic acids is 1. The predicted octanol–water partition coefficient (Wildman–Crippen LogP) is 3.48. The lowest BCUT2D eigenvalue weighted by atomic mass is 10.1. The van der Waals surface area contributed by atoms with E-state index in [0.717, 1.165) is 28.1 Å². The molecule has 0 saturated carbocycles. The highest BCUT2D eigenvalue weighted by molar-refractivity contribution is 7.92. The molecule has 3 aromatic rings. The molecule has 3 rings (SSSR count). The van der Waals surface area contributed by atoms with E-state index in [1.807, 2.05) is 31.2 Å². The number of aromatic nitrogens is 1. The monoisotopic (exact) mass is 439 g/mol. The standard InChI is InChI=1S/C23H25N3O4S/c1-3-30-22-7-5-4-6-21(22)26(31(2,28)29)17-23(27)25-20-10-8-18(9-11-20)16-19-12-14-24-15-13-19/h4-15H,3,16-17H2,1-2H3,(H,25,27). The molecule has 7 nitrogen and oxygen atoms in total. The molecule has 0 aliphatic rings. The molecule has 1 heterocycles. The van der Waals surface area contributed by atoms with Gasteiger partial charge in [-0.05, 0) is 60.9 Å². The molecule has 0 spiro atoms. The first-order valence-electron chi connectivity index (χ1n) is 9.84. The Morgan fingerprint density at radius 2 is 1.65 bits per heavy atom. The third-order valence-electron chi connectivity index (χ3n) is 4.52. The minimum absolute atomic E-state index is 0.328. The molecule has 31 heavy (non-hydrogen) atoms. The second-order valence-corrected chi connectivity index (χ2v) is 8.85. The van der Waals surface area contributed by atoms with Gasteiger partial charge < -0.3 is 10.1 Å². The Morgan fingerprint density at radius 1 is 1.00 bits per heavy atom. The quantitative estimate of drug-likeness (QED) is 0.551. The van der Waals surface area contributed by atoms with Crippen LogP contribution >= 0.6 is 0 Å². The number of carbonyl (C=O) groups is 1. The summed E-state index contributed by atoms with van der Waals surface area (Å²) in [6.45, 7) is 1.83. The molecule has 2 aromatic carbocycles. The van der Waals surface area contributed by atoms with Gasteiger partial charge in [0, 0.05) is 18.1 Å². The lowest BCUT2D eigenvalue weighted by Gasteiger charge is -2.24. The first-order chi connectivity index (χ1) is 14.9. The van der Waals surface area contributed by atoms with Gasteiger partial charge in [-0.1, -0.05) is 24.3 Å². The van der Waals surface area contributed by atoms with Gasteiger partial charge >= 0.3 is 0 Å². The third kappa shape index (κ3) is 6.29. The normalized spacial score (nSPS) is 11.0. The topological polar surface area (TPSA) is 88.6 Å². The molecule has 0 saturated heterocycles. The molecule has 8 heteroatoms. The Morgan fingerprint density at radius 3 is 2.29 bits per heavy atom. The summed E-state index contributed by atoms with van der Waals surface area (Å²) >= 11 is 0. The Balaban J connectivity index is 1.70. The van der Waals surface area contributed by atoms with E-state index in [1.165, 1.54) is 0 Å². The van der Waals surface area contributed by atoms with E-state index in [0.29, 0.717) is 23.7 Å². The van der Waals surface area contributed by atoms with Gasteiger partial charge in [-0.15, -0.1) is 0 Å². The van der Waals surface area contributed by atoms with Gasteiger partial charge in [0.2, 0.25) is 15.9 Å². The largest absolute Gasteiger partial charge is 0.492 e. The van der Waals surface area contributed by atoms with Gasteiger partial charge in [-0.3, -0.25) is 14.1 Å². The number of nitrogens with one attached hydrogen (secondary N) is 1. The van der Waals surface area contributed by atoms with Crippen molar-refractivity contribution in [3.8, 4) is 5.75 Å². The first-order valence-corrected chi connectivity index (χ1v) is 11.7. The smallest absolute Gasteiger partial charge is 0.245 e. The van der Waals surface area contributed by atoms with E-state index in [4.69, 9.17) is 4.74 Å². The average Bonchev–Trinajstić information content (AvgIpc) is 2.74. The third-order valence-corrected chi connectivity index (χ3v) is 5.64. The van der Waals surface area contributed by atoms with Crippen LogP contribution in [0.5, 0.6) is 5.75 Å². The van der Waals surface area contributed by atoms with Crippen LogP contribution in [-0.2, 0) is 21.2 Å². The van der Waals surface area contributed by atoms with E-state index in [9.17, 15) is 13.2 Å². The number of ether oxygens (including phenoxy) is 1. The number of amides is 1. The second kappa shape index (κ2) is 10.1. The first kappa shape index (κ1) is 22.3. The highest BCUT2D eigenvalue weighted by Crippen LogP contribution is 2.29. The molecule has 0 aliphatic heterocycles. The van der Waals surface area contributed by atoms with Crippen LogP contribution in [-0.4, -0.2) is 38.7 Å². The van der Waals surface area contributed by atoms with Crippen LogP contribution in [0.2, 0.25) is 0 Å². The fraction of sp³-hybridized carbons (Fsp3) is 0.217. The van der Waals surface area contributed by atoms with Crippen LogP contribution in [0.15, 0.2) is 73.1 Å². The molecular formula is C23H25N3O4S. The highest BCUT2D eigenvalue weighted by atomic mass is 32.2. The van der Waals surface area contributed by atoms with Gasteiger partial charge in [0.1, 0.15) is 12.3 Å². The molecule has 0 bridgehead atoms. The number of rotatable bonds is 9. The van der Waals surface area contributed by atoms with Crippen molar-refractivity contribution in [3.63, 3.8) is 0 Å². The van der Waals surface area contributed by atoms with Gasteiger partial charge in [-0.25, -0.2) is 8.42 Å². The maximum Gasteiger partial charge on any atom is 0.245 e. The number of pyridine rings is 1. The number of anilines is 2. The Bertz CT molecular complexity index is 1120. The van der Waals surface area contributed by atoms with Gasteiger partial charge in [0.25, 0.3) is 0 Å². The molecule has 0 fully saturated rings. The maximum atomic E-state index is 12.6. The summed E-state index contributed by atoms with van der Waals surface area (Å²) in [4.78, 5) is 16.6. The molecule has 0 radical (unpaired) electrons. The van der Waals surface area contributed by atoms with E-state index >= 15 is 0 Å². The fourth-order valence-electron chi connectivity index (χ4n) is 3.10. The molecular weight excluding hydrogens is 414 g/mol. The fourth-order valence-corrected chi connectivity index (χ4v) is 3.95. The highest BCUT2D eigenvalue weighted by Gasteiger charge is 2.24. The van der Waals surface area contributed by atoms with Crippen molar-refractivity contribution < 1.29 is 17.9 Å². The Labute approximate surface area is 182 Å². The maximum absolute atomic E-state index is 12.6. The zero-order valence-corrected chi connectivity index (χ0v) is 18.3. The zero-order chi connectivity index (χ0) is 22.3. The Kier molecular flexibility index (Phi) is 7.25. The van der Waals surface area contributed by atoms with E-state index in [-0.39, 0.29) is 6.54 Å². The number of benzene rings is 2. The van der Waals surface area contributed by atoms with Crippen molar-refractivity contribution in [1.82, 2.24) is 4.98 Å². The summed E-state index contributed by atoms with van der Waals surface area (Å²) in [6.07, 6.45) is 5.33. The minimum atomic E-state index is -3.70. The van der Waals surface area contributed by atoms with Gasteiger partial charge in [0.15, 0.2) is 0 Å². The number of para-hydroxylation sites is 2. The molecule has 162 valence electrons. The van der Waals surface area contributed by atoms with Crippen LogP contribution in [0.1, 0.15) is 18.1 Å². The number of nitrogens with zero attached hydrogens (tertiary/aromatic N) is 2. The molecule has 0 aliphatic carbocycles. The van der Waals surface area contributed by atoms with Crippen LogP contribution in [0.25, 0.3) is 0 Å². The lowest BCUT2D eigenvalue weighted by Crippen LogP contribution is -2.37. The predicted molar refractivity (Wildman–Crippen MR) is 122 cm³/mol. The van der Waals surface area contributed by atoms with Crippen LogP contribution in [0.4, 0.5) is 11.4 Å². The SMILES string of the molecule is CCOc1ccccc1N(CC(=O)Nc1ccc(Cc2ccncc2)cc1)S(C)(=O)=O. The van der Waals surface area contributed by atoms with Crippen molar-refractivity contribution in [3.05, 3.63) is 84.2 Å². The molecule has 1 N–H and O–H groups in total. The van der Waals surface area contributed by atoms with Crippen molar-refractivity contribution in [2.45, 2.75) is 13.3 Å². The Hall–Kier alpha value is -3.39.